The number of rotatable bonds is 7. The first-order chi connectivity index (χ1) is 9.42. The van der Waals surface area contributed by atoms with Crippen molar-refractivity contribution in [3.63, 3.8) is 0 Å². The first-order valence-electron chi connectivity index (χ1n) is 6.16. The van der Waals surface area contributed by atoms with Gasteiger partial charge in [0.05, 0.1) is 17.6 Å². The second-order valence-electron chi connectivity index (χ2n) is 4.35. The van der Waals surface area contributed by atoms with Crippen molar-refractivity contribution in [2.24, 2.45) is 0 Å². The van der Waals surface area contributed by atoms with Gasteiger partial charge in [-0.05, 0) is 27.0 Å². The van der Waals surface area contributed by atoms with E-state index >= 15 is 0 Å². The summed E-state index contributed by atoms with van der Waals surface area (Å²) in [5.41, 5.74) is -1.08. The lowest BCUT2D eigenvalue weighted by atomic mass is 10.1. The quantitative estimate of drug-likeness (QED) is 0.463. The molecule has 0 saturated heterocycles. The molecule has 1 N–H and O–H groups in total. The Bertz CT molecular complexity index is 491. The number of nitro benzene ring substituents is 1. The molecule has 20 heavy (non-hydrogen) atoms. The maximum Gasteiger partial charge on any atom is 0.329 e. The van der Waals surface area contributed by atoms with Gasteiger partial charge in [0.25, 0.3) is 5.69 Å². The number of hydrogen-bond acceptors (Lipinski definition) is 6. The maximum absolute atomic E-state index is 11.8. The minimum atomic E-state index is -1.01. The molecular formula is C13H18N2O5. The van der Waals surface area contributed by atoms with E-state index in [0.29, 0.717) is 5.75 Å². The van der Waals surface area contributed by atoms with E-state index in [1.165, 1.54) is 18.2 Å². The molecule has 0 fully saturated rings. The fraction of sp³-hybridized carbons (Fsp3) is 0.462. The van der Waals surface area contributed by atoms with Gasteiger partial charge in [-0.1, -0.05) is 6.07 Å². The van der Waals surface area contributed by atoms with Crippen molar-refractivity contribution >= 4 is 11.7 Å². The number of nitrogens with zero attached hydrogens (tertiary/aromatic N) is 1. The number of nitrogens with one attached hydrogen (secondary N) is 1. The predicted molar refractivity (Wildman–Crippen MR) is 72.7 cm³/mol. The molecule has 1 aromatic rings. The molecule has 110 valence electrons. The van der Waals surface area contributed by atoms with Gasteiger partial charge >= 0.3 is 5.97 Å². The van der Waals surface area contributed by atoms with Gasteiger partial charge in [-0.3, -0.25) is 10.1 Å². The maximum atomic E-state index is 11.8. The number of benzene rings is 1. The Hall–Kier alpha value is -2.15. The van der Waals surface area contributed by atoms with Crippen molar-refractivity contribution in [1.29, 1.82) is 0 Å². The van der Waals surface area contributed by atoms with E-state index in [4.69, 9.17) is 9.47 Å². The highest BCUT2D eigenvalue weighted by Gasteiger charge is 2.34. The second-order valence-corrected chi connectivity index (χ2v) is 4.35. The fourth-order valence-corrected chi connectivity index (χ4v) is 1.44. The lowest BCUT2D eigenvalue weighted by Crippen LogP contribution is -2.53. The molecule has 0 aliphatic heterocycles. The summed E-state index contributed by atoms with van der Waals surface area (Å²) in [5, 5.41) is 13.5. The van der Waals surface area contributed by atoms with Gasteiger partial charge in [-0.2, -0.15) is 0 Å². The average Bonchev–Trinajstić information content (AvgIpc) is 2.45. The fourth-order valence-electron chi connectivity index (χ4n) is 1.44. The predicted octanol–water partition coefficient (Wildman–Crippen LogP) is 1.51. The summed E-state index contributed by atoms with van der Waals surface area (Å²) in [4.78, 5) is 22.0. The summed E-state index contributed by atoms with van der Waals surface area (Å²) in [6.45, 7) is 3.63. The van der Waals surface area contributed by atoms with Crippen LogP contribution in [-0.4, -0.2) is 36.7 Å². The van der Waals surface area contributed by atoms with Crippen molar-refractivity contribution in [3.05, 3.63) is 34.4 Å². The zero-order chi connectivity index (χ0) is 15.2. The van der Waals surface area contributed by atoms with Gasteiger partial charge in [0.15, 0.2) is 0 Å². The lowest BCUT2D eigenvalue weighted by Gasteiger charge is -2.26. The van der Waals surface area contributed by atoms with E-state index in [1.54, 1.807) is 27.0 Å². The minimum Gasteiger partial charge on any atom is -0.491 e. The van der Waals surface area contributed by atoms with Crippen molar-refractivity contribution in [3.8, 4) is 5.75 Å². The summed E-state index contributed by atoms with van der Waals surface area (Å²) >= 11 is 0. The van der Waals surface area contributed by atoms with Gasteiger partial charge in [0.2, 0.25) is 0 Å². The number of carbonyl (C=O) groups excluding carboxylic acids is 1. The Kier molecular flexibility index (Phi) is 5.45. The zero-order valence-corrected chi connectivity index (χ0v) is 11.7. The van der Waals surface area contributed by atoms with E-state index in [1.807, 2.05) is 0 Å². The highest BCUT2D eigenvalue weighted by molar-refractivity contribution is 5.80. The monoisotopic (exact) mass is 282 g/mol. The van der Waals surface area contributed by atoms with Crippen LogP contribution >= 0.6 is 0 Å². The molecule has 0 aromatic heterocycles. The van der Waals surface area contributed by atoms with Gasteiger partial charge in [0, 0.05) is 6.07 Å². The van der Waals surface area contributed by atoms with Crippen molar-refractivity contribution in [2.45, 2.75) is 19.4 Å². The molecular weight excluding hydrogens is 264 g/mol. The summed E-state index contributed by atoms with van der Waals surface area (Å²) in [5.74, 6) is -0.113. The summed E-state index contributed by atoms with van der Waals surface area (Å²) in [7, 11) is 1.62. The average molecular weight is 282 g/mol. The second kappa shape index (κ2) is 6.85. The third-order valence-corrected chi connectivity index (χ3v) is 2.83. The van der Waals surface area contributed by atoms with Crippen LogP contribution in [0.3, 0.4) is 0 Å². The van der Waals surface area contributed by atoms with E-state index < -0.39 is 16.4 Å². The molecule has 1 rings (SSSR count). The minimum absolute atomic E-state index is 0.00347. The van der Waals surface area contributed by atoms with Crippen LogP contribution in [0.15, 0.2) is 24.3 Å². The highest BCUT2D eigenvalue weighted by atomic mass is 16.6. The number of carbonyl (C=O) groups is 1. The lowest BCUT2D eigenvalue weighted by molar-refractivity contribution is -0.384. The molecule has 0 aliphatic carbocycles. The molecule has 7 nitrogen and oxygen atoms in total. The van der Waals surface area contributed by atoms with E-state index in [2.05, 4.69) is 5.32 Å². The number of esters is 1. The van der Waals surface area contributed by atoms with Gasteiger partial charge in [-0.25, -0.2) is 4.79 Å². The molecule has 7 heteroatoms. The Morgan fingerprint density at radius 1 is 1.50 bits per heavy atom. The Morgan fingerprint density at radius 3 is 2.75 bits per heavy atom. The molecule has 1 unspecified atom stereocenters. The normalized spacial score (nSPS) is 13.3. The first-order valence-corrected chi connectivity index (χ1v) is 6.16. The SMILES string of the molecule is CCOC(=O)C(C)(COc1cccc([N+](=O)[O-])c1)NC. The Balaban J connectivity index is 2.76. The molecule has 0 spiro atoms. The van der Waals surface area contributed by atoms with E-state index in [0.717, 1.165) is 0 Å². The van der Waals surface area contributed by atoms with Gasteiger partial charge in [0.1, 0.15) is 17.9 Å². The number of ether oxygens (including phenoxy) is 2. The van der Waals surface area contributed by atoms with Crippen LogP contribution in [0.4, 0.5) is 5.69 Å². The molecule has 0 heterocycles. The summed E-state index contributed by atoms with van der Waals surface area (Å²) in [6, 6.07) is 5.79. The molecule has 0 aliphatic rings. The molecule has 1 aromatic carbocycles. The smallest absolute Gasteiger partial charge is 0.329 e. The van der Waals surface area contributed by atoms with Crippen LogP contribution in [0.25, 0.3) is 0 Å². The highest BCUT2D eigenvalue weighted by Crippen LogP contribution is 2.20. The standard InChI is InChI=1S/C13H18N2O5/c1-4-19-12(16)13(2,14-3)9-20-11-7-5-6-10(8-11)15(17)18/h5-8,14H,4,9H2,1-3H3. The zero-order valence-electron chi connectivity index (χ0n) is 11.7. The molecule has 0 bridgehead atoms. The number of hydrogen-bond donors (Lipinski definition) is 1. The van der Waals surface area contributed by atoms with E-state index in [-0.39, 0.29) is 18.9 Å². The summed E-state index contributed by atoms with van der Waals surface area (Å²) < 4.78 is 10.4. The Morgan fingerprint density at radius 2 is 2.20 bits per heavy atom. The number of nitro groups is 1. The summed E-state index contributed by atoms with van der Waals surface area (Å²) in [6.07, 6.45) is 0. The van der Waals surface area contributed by atoms with Crippen LogP contribution in [-0.2, 0) is 9.53 Å². The first kappa shape index (κ1) is 15.9. The largest absolute Gasteiger partial charge is 0.491 e. The van der Waals surface area contributed by atoms with Crippen molar-refractivity contribution in [2.75, 3.05) is 20.3 Å². The topological polar surface area (TPSA) is 90.7 Å². The van der Waals surface area contributed by atoms with Gasteiger partial charge in [-0.15, -0.1) is 0 Å². The Labute approximate surface area is 117 Å². The van der Waals surface area contributed by atoms with Crippen LogP contribution in [0.1, 0.15) is 13.8 Å². The van der Waals surface area contributed by atoms with Crippen molar-refractivity contribution in [1.82, 2.24) is 5.32 Å². The third-order valence-electron chi connectivity index (χ3n) is 2.83. The molecule has 0 saturated carbocycles. The van der Waals surface area contributed by atoms with Crippen LogP contribution in [0.2, 0.25) is 0 Å². The van der Waals surface area contributed by atoms with Crippen LogP contribution in [0, 0.1) is 10.1 Å². The van der Waals surface area contributed by atoms with E-state index in [9.17, 15) is 14.9 Å². The molecule has 1 atom stereocenters. The van der Waals surface area contributed by atoms with Gasteiger partial charge < -0.3 is 14.8 Å². The molecule has 0 amide bonds. The number of likely N-dealkylation sites (N-methyl/N-ethyl adjacent to an activating group) is 1. The molecule has 0 radical (unpaired) electrons. The third kappa shape index (κ3) is 3.92. The van der Waals surface area contributed by atoms with Crippen molar-refractivity contribution < 1.29 is 19.2 Å². The number of non-ortho nitro benzene ring substituents is 1. The van der Waals surface area contributed by atoms with Crippen LogP contribution < -0.4 is 10.1 Å². The van der Waals surface area contributed by atoms with Crippen LogP contribution in [0.5, 0.6) is 5.75 Å².